The van der Waals surface area contributed by atoms with E-state index < -0.39 is 12.2 Å². The third kappa shape index (κ3) is 4.53. The lowest BCUT2D eigenvalue weighted by molar-refractivity contribution is -0.276. The summed E-state index contributed by atoms with van der Waals surface area (Å²) in [5, 5.41) is 0. The highest BCUT2D eigenvalue weighted by atomic mass is 35.5. The first-order valence-electron chi connectivity index (χ1n) is 3.28. The van der Waals surface area contributed by atoms with Crippen molar-refractivity contribution >= 4 is 24.0 Å². The zero-order valence-electron chi connectivity index (χ0n) is 6.71. The van der Waals surface area contributed by atoms with Gasteiger partial charge in [-0.15, -0.1) is 37.2 Å². The van der Waals surface area contributed by atoms with Crippen LogP contribution in [0.2, 0.25) is 0 Å². The standard InChI is InChI=1S/C7H5ClF3NO.ClH/c8-3-5-1-2-6(12-4-5)13-7(9,10)11;/h1-2,4H,3H2;1H. The zero-order valence-corrected chi connectivity index (χ0v) is 8.29. The van der Waals surface area contributed by atoms with Gasteiger partial charge in [0.2, 0.25) is 5.88 Å². The van der Waals surface area contributed by atoms with Crippen LogP contribution in [-0.4, -0.2) is 11.3 Å². The van der Waals surface area contributed by atoms with Gasteiger partial charge in [0.25, 0.3) is 0 Å². The summed E-state index contributed by atoms with van der Waals surface area (Å²) >= 11 is 5.41. The van der Waals surface area contributed by atoms with E-state index in [1.54, 1.807) is 0 Å². The maximum atomic E-state index is 11.6. The minimum Gasteiger partial charge on any atom is -0.388 e. The summed E-state index contributed by atoms with van der Waals surface area (Å²) in [7, 11) is 0. The summed E-state index contributed by atoms with van der Waals surface area (Å²) in [4.78, 5) is 3.41. The van der Waals surface area contributed by atoms with E-state index in [1.807, 2.05) is 0 Å². The van der Waals surface area contributed by atoms with Crippen LogP contribution in [0.3, 0.4) is 0 Å². The molecular formula is C7H6Cl2F3NO. The summed E-state index contributed by atoms with van der Waals surface area (Å²) in [5.74, 6) is -0.277. The molecule has 7 heteroatoms. The van der Waals surface area contributed by atoms with E-state index in [2.05, 4.69) is 9.72 Å². The van der Waals surface area contributed by atoms with Crippen LogP contribution < -0.4 is 4.74 Å². The van der Waals surface area contributed by atoms with E-state index in [1.165, 1.54) is 12.3 Å². The summed E-state index contributed by atoms with van der Waals surface area (Å²) in [6, 6.07) is 2.53. The molecule has 0 N–H and O–H groups in total. The quantitative estimate of drug-likeness (QED) is 0.750. The fourth-order valence-corrected chi connectivity index (χ4v) is 0.827. The maximum absolute atomic E-state index is 11.6. The molecule has 0 bridgehead atoms. The molecule has 0 fully saturated rings. The van der Waals surface area contributed by atoms with Crippen LogP contribution in [0.15, 0.2) is 18.3 Å². The predicted molar refractivity (Wildman–Crippen MR) is 47.7 cm³/mol. The van der Waals surface area contributed by atoms with Crippen LogP contribution in [-0.2, 0) is 5.88 Å². The Bertz CT molecular complexity index is 275. The van der Waals surface area contributed by atoms with Crippen molar-refractivity contribution in [3.8, 4) is 5.88 Å². The Morgan fingerprint density at radius 1 is 1.36 bits per heavy atom. The largest absolute Gasteiger partial charge is 0.574 e. The molecule has 0 atom stereocenters. The van der Waals surface area contributed by atoms with Gasteiger partial charge in [-0.05, 0) is 5.56 Å². The van der Waals surface area contributed by atoms with Gasteiger partial charge < -0.3 is 4.74 Å². The lowest BCUT2D eigenvalue weighted by atomic mass is 10.3. The average molecular weight is 248 g/mol. The summed E-state index contributed by atoms with van der Waals surface area (Å²) < 4.78 is 38.5. The summed E-state index contributed by atoms with van der Waals surface area (Å²) in [6.45, 7) is 0. The molecule has 14 heavy (non-hydrogen) atoms. The number of ether oxygens (including phenoxy) is 1. The van der Waals surface area contributed by atoms with Gasteiger partial charge in [-0.2, -0.15) is 0 Å². The summed E-state index contributed by atoms with van der Waals surface area (Å²) in [6.07, 6.45) is -3.47. The predicted octanol–water partition coefficient (Wildman–Crippen LogP) is 3.14. The number of rotatable bonds is 2. The molecule has 0 spiro atoms. The average Bonchev–Trinajstić information content (AvgIpc) is 2.03. The van der Waals surface area contributed by atoms with Gasteiger partial charge in [-0.25, -0.2) is 4.98 Å². The Morgan fingerprint density at radius 3 is 2.36 bits per heavy atom. The monoisotopic (exact) mass is 247 g/mol. The summed E-state index contributed by atoms with van der Waals surface area (Å²) in [5.41, 5.74) is 0.635. The fraction of sp³-hybridized carbons (Fsp3) is 0.286. The van der Waals surface area contributed by atoms with Crippen molar-refractivity contribution in [1.29, 1.82) is 0 Å². The lowest BCUT2D eigenvalue weighted by Crippen LogP contribution is -2.17. The molecule has 1 aromatic heterocycles. The molecule has 2 nitrogen and oxygen atoms in total. The Morgan fingerprint density at radius 2 is 2.00 bits per heavy atom. The van der Waals surface area contributed by atoms with E-state index in [0.717, 1.165) is 6.07 Å². The van der Waals surface area contributed by atoms with Crippen molar-refractivity contribution in [2.24, 2.45) is 0 Å². The molecule has 1 heterocycles. The van der Waals surface area contributed by atoms with Crippen LogP contribution in [0.4, 0.5) is 13.2 Å². The van der Waals surface area contributed by atoms with Crippen molar-refractivity contribution in [2.75, 3.05) is 0 Å². The second-order valence-corrected chi connectivity index (χ2v) is 2.45. The van der Waals surface area contributed by atoms with Crippen LogP contribution in [0, 0.1) is 0 Å². The smallest absolute Gasteiger partial charge is 0.388 e. The highest BCUT2D eigenvalue weighted by molar-refractivity contribution is 6.17. The molecule has 0 amide bonds. The van der Waals surface area contributed by atoms with Crippen LogP contribution in [0.25, 0.3) is 0 Å². The minimum absolute atomic E-state index is 0. The second-order valence-electron chi connectivity index (χ2n) is 2.19. The number of pyridine rings is 1. The van der Waals surface area contributed by atoms with Crippen molar-refractivity contribution < 1.29 is 17.9 Å². The van der Waals surface area contributed by atoms with Gasteiger partial charge in [0.05, 0.1) is 0 Å². The Labute approximate surface area is 89.4 Å². The van der Waals surface area contributed by atoms with Gasteiger partial charge in [0.15, 0.2) is 0 Å². The van der Waals surface area contributed by atoms with Crippen molar-refractivity contribution in [3.63, 3.8) is 0 Å². The number of alkyl halides is 4. The van der Waals surface area contributed by atoms with Gasteiger partial charge in [0, 0.05) is 18.1 Å². The highest BCUT2D eigenvalue weighted by Gasteiger charge is 2.31. The molecule has 0 saturated heterocycles. The van der Waals surface area contributed by atoms with Gasteiger partial charge in [-0.1, -0.05) is 6.07 Å². The minimum atomic E-state index is -4.70. The molecule has 0 radical (unpaired) electrons. The van der Waals surface area contributed by atoms with Crippen LogP contribution in [0.5, 0.6) is 5.88 Å². The Hall–Kier alpha value is -0.680. The maximum Gasteiger partial charge on any atom is 0.574 e. The SMILES string of the molecule is Cl.FC(F)(F)Oc1ccc(CCl)cn1. The molecular weight excluding hydrogens is 242 g/mol. The lowest BCUT2D eigenvalue weighted by Gasteiger charge is -2.07. The van der Waals surface area contributed by atoms with E-state index in [0.29, 0.717) is 5.56 Å². The molecule has 0 aromatic carbocycles. The second kappa shape index (κ2) is 5.26. The number of hydrogen-bond donors (Lipinski definition) is 0. The van der Waals surface area contributed by atoms with Crippen molar-refractivity contribution in [3.05, 3.63) is 23.9 Å². The number of hydrogen-bond acceptors (Lipinski definition) is 2. The molecule has 1 rings (SSSR count). The fourth-order valence-electron chi connectivity index (χ4n) is 0.669. The normalized spacial score (nSPS) is 10.6. The third-order valence-electron chi connectivity index (χ3n) is 1.17. The molecule has 0 saturated carbocycles. The highest BCUT2D eigenvalue weighted by Crippen LogP contribution is 2.20. The first-order chi connectivity index (χ1) is 6.01. The van der Waals surface area contributed by atoms with Gasteiger partial charge >= 0.3 is 6.36 Å². The van der Waals surface area contributed by atoms with E-state index >= 15 is 0 Å². The molecule has 0 aliphatic rings. The molecule has 1 aromatic rings. The van der Waals surface area contributed by atoms with E-state index in [4.69, 9.17) is 11.6 Å². The Balaban J connectivity index is 0.00000169. The Kier molecular flexibility index (Phi) is 5.01. The number of aromatic nitrogens is 1. The third-order valence-corrected chi connectivity index (χ3v) is 1.48. The van der Waals surface area contributed by atoms with E-state index in [9.17, 15) is 13.2 Å². The van der Waals surface area contributed by atoms with Crippen molar-refractivity contribution in [1.82, 2.24) is 4.98 Å². The van der Waals surface area contributed by atoms with Crippen LogP contribution in [0.1, 0.15) is 5.56 Å². The first-order valence-corrected chi connectivity index (χ1v) is 3.81. The first kappa shape index (κ1) is 13.3. The van der Waals surface area contributed by atoms with Crippen LogP contribution >= 0.6 is 24.0 Å². The molecule has 0 aliphatic heterocycles. The van der Waals surface area contributed by atoms with E-state index in [-0.39, 0.29) is 18.3 Å². The molecule has 80 valence electrons. The van der Waals surface area contributed by atoms with Gasteiger partial charge in [-0.3, -0.25) is 0 Å². The topological polar surface area (TPSA) is 22.1 Å². The number of halogens is 5. The molecule has 0 unspecified atom stereocenters. The van der Waals surface area contributed by atoms with Gasteiger partial charge in [0.1, 0.15) is 0 Å². The van der Waals surface area contributed by atoms with Crippen molar-refractivity contribution in [2.45, 2.75) is 12.2 Å². The zero-order chi connectivity index (χ0) is 9.90. The number of nitrogens with zero attached hydrogens (tertiary/aromatic N) is 1. The molecule has 0 aliphatic carbocycles.